The van der Waals surface area contributed by atoms with Crippen LogP contribution in [0.15, 0.2) is 9.85 Å². The lowest BCUT2D eigenvalue weighted by Crippen LogP contribution is -2.56. The summed E-state index contributed by atoms with van der Waals surface area (Å²) >= 11 is 4.49. The van der Waals surface area contributed by atoms with Gasteiger partial charge in [-0.05, 0) is 46.7 Å². The molecule has 1 saturated carbocycles. The number of hydrogen-bond acceptors (Lipinski definition) is 4. The molecular formula is C9H11BrN2O2S. The molecular weight excluding hydrogens is 280 g/mol. The third-order valence-corrected chi connectivity index (χ3v) is 4.27. The minimum Gasteiger partial charge on any atom is -0.394 e. The molecule has 0 unspecified atom stereocenters. The molecule has 1 aliphatic carbocycles. The Hall–Kier alpha value is -0.460. The summed E-state index contributed by atoms with van der Waals surface area (Å²) in [4.78, 5) is 11.8. The van der Waals surface area contributed by atoms with Crippen LogP contribution in [0.5, 0.6) is 0 Å². The Morgan fingerprint density at radius 2 is 2.47 bits per heavy atom. The van der Waals surface area contributed by atoms with Crippen molar-refractivity contribution in [2.75, 3.05) is 6.61 Å². The van der Waals surface area contributed by atoms with Gasteiger partial charge in [0.25, 0.3) is 5.91 Å². The third kappa shape index (κ3) is 2.07. The van der Waals surface area contributed by atoms with Gasteiger partial charge in [0.1, 0.15) is 0 Å². The Kier molecular flexibility index (Phi) is 3.08. The lowest BCUT2D eigenvalue weighted by Gasteiger charge is -2.40. The fourth-order valence-electron chi connectivity index (χ4n) is 1.60. The second kappa shape index (κ2) is 4.19. The average molecular weight is 291 g/mol. The minimum absolute atomic E-state index is 0.000492. The number of aliphatic hydroxyl groups is 1. The molecule has 2 rings (SSSR count). The van der Waals surface area contributed by atoms with E-state index in [0.29, 0.717) is 10.2 Å². The zero-order valence-corrected chi connectivity index (χ0v) is 10.4. The number of amides is 1. The number of hydrogen-bond donors (Lipinski definition) is 2. The molecule has 1 aromatic rings. The fraction of sp³-hybridized carbons (Fsp3) is 0.556. The van der Waals surface area contributed by atoms with Gasteiger partial charge in [0, 0.05) is 5.38 Å². The second-order valence-corrected chi connectivity index (χ2v) is 5.24. The summed E-state index contributed by atoms with van der Waals surface area (Å²) in [5.41, 5.74) is -0.000116. The predicted molar refractivity (Wildman–Crippen MR) is 60.9 cm³/mol. The first-order valence-electron chi connectivity index (χ1n) is 4.70. The first-order valence-corrected chi connectivity index (χ1v) is 6.33. The minimum atomic E-state index is -0.403. The number of rotatable bonds is 3. The summed E-state index contributed by atoms with van der Waals surface area (Å²) in [5.74, 6) is -0.211. The molecule has 82 valence electrons. The molecule has 0 aliphatic heterocycles. The van der Waals surface area contributed by atoms with Crippen molar-refractivity contribution in [2.45, 2.75) is 24.8 Å². The number of aliphatic hydroxyl groups excluding tert-OH is 1. The topological polar surface area (TPSA) is 62.2 Å². The van der Waals surface area contributed by atoms with Gasteiger partial charge in [-0.25, -0.2) is 0 Å². The molecule has 6 heteroatoms. The van der Waals surface area contributed by atoms with Crippen LogP contribution in [0.1, 0.15) is 29.8 Å². The van der Waals surface area contributed by atoms with Crippen LogP contribution in [0.25, 0.3) is 0 Å². The van der Waals surface area contributed by atoms with Crippen LogP contribution >= 0.6 is 27.5 Å². The van der Waals surface area contributed by atoms with Gasteiger partial charge in [-0.3, -0.25) is 4.79 Å². The van der Waals surface area contributed by atoms with E-state index >= 15 is 0 Å². The van der Waals surface area contributed by atoms with Crippen LogP contribution in [0.3, 0.4) is 0 Å². The highest BCUT2D eigenvalue weighted by Gasteiger charge is 2.38. The predicted octanol–water partition coefficient (Wildman–Crippen LogP) is 1.55. The number of halogens is 1. The molecule has 0 saturated heterocycles. The first kappa shape index (κ1) is 11.0. The summed E-state index contributed by atoms with van der Waals surface area (Å²) in [7, 11) is 0. The molecule has 1 aliphatic rings. The van der Waals surface area contributed by atoms with Gasteiger partial charge in [-0.15, -0.1) is 0 Å². The standard InChI is InChI=1S/C9H11BrN2O2S/c10-6-4-15-12-7(6)8(14)11-9(5-13)2-1-3-9/h4,13H,1-3,5H2,(H,11,14). The zero-order chi connectivity index (χ0) is 10.9. The number of nitrogens with one attached hydrogen (secondary N) is 1. The fourth-order valence-corrected chi connectivity index (χ4v) is 2.78. The van der Waals surface area contributed by atoms with Crippen LogP contribution in [0.4, 0.5) is 0 Å². The monoisotopic (exact) mass is 290 g/mol. The molecule has 0 atom stereocenters. The SMILES string of the molecule is O=C(NC1(CO)CCC1)c1nscc1Br. The van der Waals surface area contributed by atoms with Crippen molar-refractivity contribution in [3.8, 4) is 0 Å². The number of nitrogens with zero attached hydrogens (tertiary/aromatic N) is 1. The maximum Gasteiger partial charge on any atom is 0.272 e. The number of carbonyl (C=O) groups is 1. The molecule has 1 aromatic heterocycles. The van der Waals surface area contributed by atoms with Gasteiger partial charge in [0.2, 0.25) is 0 Å². The largest absolute Gasteiger partial charge is 0.394 e. The van der Waals surface area contributed by atoms with E-state index in [-0.39, 0.29) is 12.5 Å². The Bertz CT molecular complexity index is 370. The van der Waals surface area contributed by atoms with Crippen LogP contribution < -0.4 is 5.32 Å². The van der Waals surface area contributed by atoms with Gasteiger partial charge in [-0.1, -0.05) is 0 Å². The Morgan fingerprint density at radius 1 is 1.73 bits per heavy atom. The van der Waals surface area contributed by atoms with Crippen molar-refractivity contribution < 1.29 is 9.90 Å². The normalized spacial score (nSPS) is 18.3. The molecule has 0 radical (unpaired) electrons. The van der Waals surface area contributed by atoms with E-state index in [2.05, 4.69) is 25.6 Å². The Balaban J connectivity index is 2.07. The van der Waals surface area contributed by atoms with Crippen molar-refractivity contribution >= 4 is 33.4 Å². The van der Waals surface area contributed by atoms with Crippen LogP contribution in [-0.2, 0) is 0 Å². The Labute approximate surface area is 100.0 Å². The van der Waals surface area contributed by atoms with Crippen molar-refractivity contribution in [2.24, 2.45) is 0 Å². The number of carbonyl (C=O) groups excluding carboxylic acids is 1. The van der Waals surface area contributed by atoms with Crippen molar-refractivity contribution in [3.05, 3.63) is 15.5 Å². The second-order valence-electron chi connectivity index (χ2n) is 3.76. The van der Waals surface area contributed by atoms with Gasteiger partial charge < -0.3 is 10.4 Å². The van der Waals surface area contributed by atoms with E-state index in [1.165, 1.54) is 11.5 Å². The highest BCUT2D eigenvalue weighted by molar-refractivity contribution is 9.10. The molecule has 0 bridgehead atoms. The molecule has 2 N–H and O–H groups in total. The van der Waals surface area contributed by atoms with E-state index in [4.69, 9.17) is 0 Å². The number of aromatic nitrogens is 1. The lowest BCUT2D eigenvalue weighted by molar-refractivity contribution is 0.0638. The van der Waals surface area contributed by atoms with Gasteiger partial charge in [-0.2, -0.15) is 4.37 Å². The van der Waals surface area contributed by atoms with Crippen LogP contribution in [0.2, 0.25) is 0 Å². The molecule has 1 fully saturated rings. The Morgan fingerprint density at radius 3 is 2.87 bits per heavy atom. The average Bonchev–Trinajstić information content (AvgIpc) is 2.58. The molecule has 1 heterocycles. The molecule has 1 amide bonds. The van der Waals surface area contributed by atoms with E-state index in [0.717, 1.165) is 19.3 Å². The van der Waals surface area contributed by atoms with Crippen LogP contribution in [-0.4, -0.2) is 27.5 Å². The molecule has 0 aromatic carbocycles. The molecule has 4 nitrogen and oxygen atoms in total. The highest BCUT2D eigenvalue weighted by Crippen LogP contribution is 2.31. The highest BCUT2D eigenvalue weighted by atomic mass is 79.9. The first-order chi connectivity index (χ1) is 7.17. The quantitative estimate of drug-likeness (QED) is 0.888. The van der Waals surface area contributed by atoms with Gasteiger partial charge in [0.05, 0.1) is 16.6 Å². The van der Waals surface area contributed by atoms with Crippen LogP contribution in [0, 0.1) is 0 Å². The summed E-state index contributed by atoms with van der Waals surface area (Å²) in [6.45, 7) is 0.000492. The van der Waals surface area contributed by atoms with Crippen molar-refractivity contribution in [3.63, 3.8) is 0 Å². The van der Waals surface area contributed by atoms with Crippen molar-refractivity contribution in [1.29, 1.82) is 0 Å². The summed E-state index contributed by atoms with van der Waals surface area (Å²) < 4.78 is 4.70. The van der Waals surface area contributed by atoms with Gasteiger partial charge in [0.15, 0.2) is 5.69 Å². The van der Waals surface area contributed by atoms with Crippen molar-refractivity contribution in [1.82, 2.24) is 9.69 Å². The smallest absolute Gasteiger partial charge is 0.272 e. The van der Waals surface area contributed by atoms with E-state index in [1.807, 2.05) is 0 Å². The summed E-state index contributed by atoms with van der Waals surface area (Å²) in [6, 6.07) is 0. The third-order valence-electron chi connectivity index (χ3n) is 2.73. The summed E-state index contributed by atoms with van der Waals surface area (Å²) in [5, 5.41) is 13.8. The van der Waals surface area contributed by atoms with E-state index < -0.39 is 5.54 Å². The summed E-state index contributed by atoms with van der Waals surface area (Å²) in [6.07, 6.45) is 2.74. The lowest BCUT2D eigenvalue weighted by atomic mass is 9.77. The van der Waals surface area contributed by atoms with E-state index in [9.17, 15) is 9.90 Å². The van der Waals surface area contributed by atoms with Gasteiger partial charge >= 0.3 is 0 Å². The maximum atomic E-state index is 11.8. The molecule has 0 spiro atoms. The zero-order valence-electron chi connectivity index (χ0n) is 7.99. The van der Waals surface area contributed by atoms with E-state index in [1.54, 1.807) is 5.38 Å². The maximum absolute atomic E-state index is 11.8. The molecule has 15 heavy (non-hydrogen) atoms.